The second-order valence-electron chi connectivity index (χ2n) is 8.00. The summed E-state index contributed by atoms with van der Waals surface area (Å²) in [4.78, 5) is 45.2. The maximum Gasteiger partial charge on any atom is 0.329 e. The van der Waals surface area contributed by atoms with Gasteiger partial charge in [0.05, 0.1) is 5.52 Å². The van der Waals surface area contributed by atoms with E-state index in [2.05, 4.69) is 46.3 Å². The van der Waals surface area contributed by atoms with Crippen LogP contribution in [0, 0.1) is 13.8 Å². The van der Waals surface area contributed by atoms with Crippen molar-refractivity contribution < 1.29 is 4.79 Å². The third-order valence-electron chi connectivity index (χ3n) is 5.55. The summed E-state index contributed by atoms with van der Waals surface area (Å²) >= 11 is 0.971. The lowest BCUT2D eigenvalue weighted by Gasteiger charge is -2.36. The summed E-state index contributed by atoms with van der Waals surface area (Å²) < 4.78 is 5.31. The fraction of sp³-hybridized carbons (Fsp3) is 0.429. The van der Waals surface area contributed by atoms with E-state index < -0.39 is 11.2 Å². The Labute approximate surface area is 177 Å². The highest BCUT2D eigenvalue weighted by atomic mass is 32.1. The normalized spacial score (nSPS) is 14.7. The highest BCUT2D eigenvalue weighted by Gasteiger charge is 2.27. The zero-order chi connectivity index (χ0) is 21.6. The van der Waals surface area contributed by atoms with E-state index in [1.807, 2.05) is 0 Å². The van der Waals surface area contributed by atoms with Crippen LogP contribution in [0.2, 0.25) is 0 Å². The molecular formula is C21H25N5O3S. The number of rotatable bonds is 3. The summed E-state index contributed by atoms with van der Waals surface area (Å²) in [6.45, 7) is 10.3. The number of anilines is 1. The molecule has 3 heterocycles. The predicted octanol–water partition coefficient (Wildman–Crippen LogP) is 2.31. The molecule has 30 heavy (non-hydrogen) atoms. The predicted molar refractivity (Wildman–Crippen MR) is 119 cm³/mol. The molecule has 2 aromatic heterocycles. The van der Waals surface area contributed by atoms with Gasteiger partial charge in [-0.25, -0.2) is 4.79 Å². The van der Waals surface area contributed by atoms with Crippen molar-refractivity contribution in [2.45, 2.75) is 33.7 Å². The molecule has 158 valence electrons. The molecular weight excluding hydrogens is 402 g/mol. The number of hydrogen-bond donors (Lipinski definition) is 1. The van der Waals surface area contributed by atoms with Crippen LogP contribution in [0.15, 0.2) is 27.8 Å². The number of aromatic nitrogens is 3. The van der Waals surface area contributed by atoms with Crippen LogP contribution >= 0.6 is 11.5 Å². The van der Waals surface area contributed by atoms with E-state index >= 15 is 0 Å². The summed E-state index contributed by atoms with van der Waals surface area (Å²) in [5.74, 6) is -0.194. The van der Waals surface area contributed by atoms with Gasteiger partial charge >= 0.3 is 5.69 Å². The van der Waals surface area contributed by atoms with Crippen LogP contribution in [0.5, 0.6) is 0 Å². The number of amides is 1. The SMILES string of the molecule is Cc1ccc(C)c(N2CCN(C(=O)c3snc4c(=O)n(C(C)C)c(=O)[nH]c34)CC2)c1. The number of H-pyrrole nitrogens is 1. The van der Waals surface area contributed by atoms with Gasteiger partial charge in [0.1, 0.15) is 4.88 Å². The Hall–Kier alpha value is -2.94. The van der Waals surface area contributed by atoms with Crippen molar-refractivity contribution in [1.29, 1.82) is 0 Å². The molecule has 0 atom stereocenters. The van der Waals surface area contributed by atoms with Crippen molar-refractivity contribution in [2.75, 3.05) is 31.1 Å². The molecule has 1 aliphatic heterocycles. The van der Waals surface area contributed by atoms with Crippen molar-refractivity contribution in [2.24, 2.45) is 0 Å². The number of hydrogen-bond acceptors (Lipinski definition) is 6. The average molecular weight is 428 g/mol. The fourth-order valence-electron chi connectivity index (χ4n) is 3.89. The molecule has 3 aromatic rings. The zero-order valence-corrected chi connectivity index (χ0v) is 18.4. The summed E-state index contributed by atoms with van der Waals surface area (Å²) in [5, 5.41) is 0. The molecule has 1 aliphatic rings. The number of carbonyl (C=O) groups is 1. The van der Waals surface area contributed by atoms with Gasteiger partial charge in [0.15, 0.2) is 5.52 Å². The Morgan fingerprint density at radius 2 is 1.83 bits per heavy atom. The molecule has 8 nitrogen and oxygen atoms in total. The minimum Gasteiger partial charge on any atom is -0.368 e. The molecule has 9 heteroatoms. The molecule has 0 aliphatic carbocycles. The molecule has 1 fully saturated rings. The van der Waals surface area contributed by atoms with Gasteiger partial charge in [-0.15, -0.1) is 0 Å². The maximum atomic E-state index is 13.1. The summed E-state index contributed by atoms with van der Waals surface area (Å²) in [6, 6.07) is 6.10. The Bertz CT molecular complexity index is 1230. The molecule has 0 bridgehead atoms. The lowest BCUT2D eigenvalue weighted by molar-refractivity contribution is 0.0753. The summed E-state index contributed by atoms with van der Waals surface area (Å²) in [5.41, 5.74) is 3.03. The first-order valence-electron chi connectivity index (χ1n) is 10.0. The quantitative estimate of drug-likeness (QED) is 0.693. The van der Waals surface area contributed by atoms with E-state index in [1.54, 1.807) is 18.7 Å². The Kier molecular flexibility index (Phi) is 5.23. The van der Waals surface area contributed by atoms with Crippen LogP contribution in [0.25, 0.3) is 11.0 Å². The van der Waals surface area contributed by atoms with Crippen molar-refractivity contribution in [1.82, 2.24) is 18.8 Å². The van der Waals surface area contributed by atoms with Gasteiger partial charge in [-0.2, -0.15) is 4.37 Å². The van der Waals surface area contributed by atoms with Gasteiger partial charge in [0.25, 0.3) is 11.5 Å². The number of nitrogens with zero attached hydrogens (tertiary/aromatic N) is 4. The van der Waals surface area contributed by atoms with Gasteiger partial charge in [-0.1, -0.05) is 12.1 Å². The first-order chi connectivity index (χ1) is 14.3. The van der Waals surface area contributed by atoms with E-state index in [9.17, 15) is 14.4 Å². The minimum absolute atomic E-state index is 0.144. The Morgan fingerprint density at radius 1 is 1.13 bits per heavy atom. The van der Waals surface area contributed by atoms with E-state index in [4.69, 9.17) is 0 Å². The molecule has 4 rings (SSSR count). The number of fused-ring (bicyclic) bond motifs is 1. The standard InChI is InChI=1S/C21H25N5O3S/c1-12(2)26-19(27)17-16(22-21(26)29)18(30-23-17)20(28)25-9-7-24(8-10-25)15-11-13(3)5-6-14(15)4/h5-6,11-12H,7-10H2,1-4H3,(H,22,29). The number of piperazine rings is 1. The molecule has 0 unspecified atom stereocenters. The molecule has 1 N–H and O–H groups in total. The van der Waals surface area contributed by atoms with Gasteiger partial charge in [0, 0.05) is 37.9 Å². The van der Waals surface area contributed by atoms with Gasteiger partial charge in [-0.05, 0) is 56.4 Å². The van der Waals surface area contributed by atoms with Crippen LogP contribution in [-0.4, -0.2) is 50.9 Å². The van der Waals surface area contributed by atoms with Gasteiger partial charge < -0.3 is 14.8 Å². The van der Waals surface area contributed by atoms with Crippen molar-refractivity contribution >= 4 is 34.2 Å². The Morgan fingerprint density at radius 3 is 2.50 bits per heavy atom. The largest absolute Gasteiger partial charge is 0.368 e. The highest BCUT2D eigenvalue weighted by Crippen LogP contribution is 2.24. The van der Waals surface area contributed by atoms with E-state index in [1.165, 1.54) is 16.8 Å². The smallest absolute Gasteiger partial charge is 0.329 e. The number of carbonyl (C=O) groups excluding carboxylic acids is 1. The minimum atomic E-state index is -0.517. The van der Waals surface area contributed by atoms with Crippen LogP contribution < -0.4 is 16.1 Å². The second-order valence-corrected chi connectivity index (χ2v) is 8.78. The maximum absolute atomic E-state index is 13.1. The van der Waals surface area contributed by atoms with Crippen LogP contribution in [0.1, 0.15) is 40.7 Å². The average Bonchev–Trinajstić information content (AvgIpc) is 3.13. The fourth-order valence-corrected chi connectivity index (χ4v) is 4.69. The van der Waals surface area contributed by atoms with Crippen LogP contribution in [-0.2, 0) is 0 Å². The topological polar surface area (TPSA) is 91.3 Å². The van der Waals surface area contributed by atoms with E-state index in [0.29, 0.717) is 18.0 Å². The number of benzene rings is 1. The second kappa shape index (κ2) is 7.71. The first-order valence-corrected chi connectivity index (χ1v) is 10.8. The summed E-state index contributed by atoms with van der Waals surface area (Å²) in [6.07, 6.45) is 0. The number of aryl methyl sites for hydroxylation is 2. The molecule has 0 saturated carbocycles. The van der Waals surface area contributed by atoms with Crippen LogP contribution in [0.4, 0.5) is 5.69 Å². The summed E-state index contributed by atoms with van der Waals surface area (Å²) in [7, 11) is 0. The molecule has 0 spiro atoms. The third-order valence-corrected chi connectivity index (χ3v) is 6.38. The van der Waals surface area contributed by atoms with Crippen LogP contribution in [0.3, 0.4) is 0 Å². The van der Waals surface area contributed by atoms with E-state index in [0.717, 1.165) is 29.2 Å². The number of aromatic amines is 1. The third kappa shape index (κ3) is 3.43. The lowest BCUT2D eigenvalue weighted by Crippen LogP contribution is -2.49. The monoisotopic (exact) mass is 427 g/mol. The first kappa shape index (κ1) is 20.3. The highest BCUT2D eigenvalue weighted by molar-refractivity contribution is 7.09. The van der Waals surface area contributed by atoms with Gasteiger partial charge in [0.2, 0.25) is 0 Å². The lowest BCUT2D eigenvalue weighted by atomic mass is 10.1. The molecule has 1 saturated heterocycles. The molecule has 1 amide bonds. The molecule has 1 aromatic carbocycles. The van der Waals surface area contributed by atoms with Crippen molar-refractivity contribution in [3.8, 4) is 0 Å². The van der Waals surface area contributed by atoms with Gasteiger partial charge in [-0.3, -0.25) is 14.2 Å². The van der Waals surface area contributed by atoms with Crippen molar-refractivity contribution in [3.63, 3.8) is 0 Å². The van der Waals surface area contributed by atoms with Crippen molar-refractivity contribution in [3.05, 3.63) is 55.0 Å². The van der Waals surface area contributed by atoms with E-state index in [-0.39, 0.29) is 23.0 Å². The zero-order valence-electron chi connectivity index (χ0n) is 17.6. The number of nitrogens with one attached hydrogen (secondary N) is 1. The Balaban J connectivity index is 1.58. The molecule has 0 radical (unpaired) electrons.